The zero-order valence-electron chi connectivity index (χ0n) is 10.6. The van der Waals surface area contributed by atoms with Crippen LogP contribution in [-0.2, 0) is 0 Å². The molecule has 0 saturated heterocycles. The minimum Gasteiger partial charge on any atom is -0.497 e. The Morgan fingerprint density at radius 3 is 2.47 bits per heavy atom. The molecule has 2 rings (SSSR count). The molecule has 98 valence electrons. The molecule has 2 aromatic rings. The van der Waals surface area contributed by atoms with Gasteiger partial charge in [-0.1, -0.05) is 23.7 Å². The third kappa shape index (κ3) is 3.48. The molecule has 1 heterocycles. The average Bonchev–Trinajstić information content (AvgIpc) is 2.46. The van der Waals surface area contributed by atoms with E-state index in [2.05, 4.69) is 20.2 Å². The van der Waals surface area contributed by atoms with Gasteiger partial charge >= 0.3 is 0 Å². The molecule has 6 heteroatoms. The maximum atomic E-state index is 5.85. The van der Waals surface area contributed by atoms with Crippen molar-refractivity contribution in [2.75, 3.05) is 7.11 Å². The maximum absolute atomic E-state index is 5.85. The van der Waals surface area contributed by atoms with Crippen molar-refractivity contribution in [3.63, 3.8) is 0 Å². The highest BCUT2D eigenvalue weighted by atomic mass is 35.5. The van der Waals surface area contributed by atoms with Gasteiger partial charge in [-0.05, 0) is 24.6 Å². The van der Waals surface area contributed by atoms with Crippen LogP contribution in [0.4, 0.5) is 5.82 Å². The highest BCUT2D eigenvalue weighted by Crippen LogP contribution is 2.24. The second-order valence-corrected chi connectivity index (χ2v) is 4.19. The summed E-state index contributed by atoms with van der Waals surface area (Å²) in [6.45, 7) is 1.94. The van der Waals surface area contributed by atoms with Crippen molar-refractivity contribution < 1.29 is 4.74 Å². The Balaban J connectivity index is 2.12. The molecule has 0 N–H and O–H groups in total. The number of halogens is 1. The van der Waals surface area contributed by atoms with Gasteiger partial charge in [0.2, 0.25) is 5.82 Å². The Morgan fingerprint density at radius 2 is 1.84 bits per heavy atom. The molecule has 1 unspecified atom stereocenters. The van der Waals surface area contributed by atoms with Crippen molar-refractivity contribution in [2.45, 2.75) is 13.0 Å². The highest BCUT2D eigenvalue weighted by Gasteiger charge is 2.05. The maximum Gasteiger partial charge on any atom is 0.211 e. The van der Waals surface area contributed by atoms with E-state index >= 15 is 0 Å². The van der Waals surface area contributed by atoms with Crippen molar-refractivity contribution >= 4 is 17.4 Å². The number of nitrogens with zero attached hydrogens (tertiary/aromatic N) is 4. The largest absolute Gasteiger partial charge is 0.497 e. The fourth-order valence-corrected chi connectivity index (χ4v) is 1.61. The van der Waals surface area contributed by atoms with Crippen molar-refractivity contribution in [1.29, 1.82) is 0 Å². The Labute approximate surface area is 116 Å². The summed E-state index contributed by atoms with van der Waals surface area (Å²) in [4.78, 5) is 7.88. The fourth-order valence-electron chi connectivity index (χ4n) is 1.47. The van der Waals surface area contributed by atoms with Crippen LogP contribution >= 0.6 is 11.6 Å². The number of methoxy groups -OCH3 is 1. The summed E-state index contributed by atoms with van der Waals surface area (Å²) in [6.07, 6.45) is 3.03. The Morgan fingerprint density at radius 1 is 1.16 bits per heavy atom. The zero-order chi connectivity index (χ0) is 13.7. The first-order valence-electron chi connectivity index (χ1n) is 5.72. The third-order valence-corrected chi connectivity index (χ3v) is 2.83. The van der Waals surface area contributed by atoms with Crippen molar-refractivity contribution in [1.82, 2.24) is 9.97 Å². The molecular weight excluding hydrogens is 264 g/mol. The topological polar surface area (TPSA) is 59.7 Å². The zero-order valence-corrected chi connectivity index (χ0v) is 11.4. The van der Waals surface area contributed by atoms with Gasteiger partial charge in [-0.2, -0.15) is 5.11 Å². The van der Waals surface area contributed by atoms with Crippen molar-refractivity contribution in [2.24, 2.45) is 10.2 Å². The average molecular weight is 277 g/mol. The van der Waals surface area contributed by atoms with E-state index in [4.69, 9.17) is 16.3 Å². The standard InChI is InChI=1S/C13H13ClN4O/c1-9(10-3-5-11(19-2)6-4-10)17-18-13-12(14)15-7-8-16-13/h3-9H,1-2H3. The van der Waals surface area contributed by atoms with Crippen LogP contribution < -0.4 is 4.74 Å². The van der Waals surface area contributed by atoms with E-state index in [9.17, 15) is 0 Å². The number of ether oxygens (including phenoxy) is 1. The number of azo groups is 1. The SMILES string of the molecule is COc1ccc(C(C)N=Nc2nccnc2Cl)cc1. The van der Waals surface area contributed by atoms with Crippen LogP contribution in [0.5, 0.6) is 5.75 Å². The van der Waals surface area contributed by atoms with Gasteiger partial charge in [-0.25, -0.2) is 9.97 Å². The number of rotatable bonds is 4. The number of hydrogen-bond donors (Lipinski definition) is 0. The van der Waals surface area contributed by atoms with Gasteiger partial charge < -0.3 is 4.74 Å². The van der Waals surface area contributed by atoms with Crippen LogP contribution in [0.15, 0.2) is 46.9 Å². The predicted molar refractivity (Wildman–Crippen MR) is 73.0 cm³/mol. The second-order valence-electron chi connectivity index (χ2n) is 3.84. The number of benzene rings is 1. The van der Waals surface area contributed by atoms with Gasteiger partial charge in [-0.15, -0.1) is 5.11 Å². The summed E-state index contributed by atoms with van der Waals surface area (Å²) in [5.74, 6) is 1.13. The van der Waals surface area contributed by atoms with E-state index in [1.54, 1.807) is 7.11 Å². The minimum atomic E-state index is -0.0935. The lowest BCUT2D eigenvalue weighted by molar-refractivity contribution is 0.414. The van der Waals surface area contributed by atoms with Gasteiger partial charge in [-0.3, -0.25) is 0 Å². The van der Waals surface area contributed by atoms with Crippen LogP contribution in [0.1, 0.15) is 18.5 Å². The quantitative estimate of drug-likeness (QED) is 0.794. The van der Waals surface area contributed by atoms with Gasteiger partial charge in [0.05, 0.1) is 13.2 Å². The molecule has 19 heavy (non-hydrogen) atoms. The molecule has 0 radical (unpaired) electrons. The Kier molecular flexibility index (Phi) is 4.41. The van der Waals surface area contributed by atoms with E-state index in [1.807, 2.05) is 31.2 Å². The Bertz CT molecular complexity index is 571. The molecule has 0 saturated carbocycles. The van der Waals surface area contributed by atoms with Crippen LogP contribution in [0.25, 0.3) is 0 Å². The van der Waals surface area contributed by atoms with Crippen molar-refractivity contribution in [3.8, 4) is 5.75 Å². The molecule has 0 aliphatic carbocycles. The number of aromatic nitrogens is 2. The van der Waals surface area contributed by atoms with E-state index in [-0.39, 0.29) is 11.2 Å². The van der Waals surface area contributed by atoms with Crippen LogP contribution in [0, 0.1) is 0 Å². The van der Waals surface area contributed by atoms with E-state index in [1.165, 1.54) is 12.4 Å². The fraction of sp³-hybridized carbons (Fsp3) is 0.231. The van der Waals surface area contributed by atoms with E-state index in [0.717, 1.165) is 11.3 Å². The molecular formula is C13H13ClN4O. The summed E-state index contributed by atoms with van der Waals surface area (Å²) in [7, 11) is 1.63. The Hall–Kier alpha value is -2.01. The molecule has 0 amide bonds. The van der Waals surface area contributed by atoms with Crippen LogP contribution in [0.2, 0.25) is 5.15 Å². The molecule has 1 aromatic carbocycles. The number of hydrogen-bond acceptors (Lipinski definition) is 5. The third-order valence-electron chi connectivity index (χ3n) is 2.56. The predicted octanol–water partition coefficient (Wildman–Crippen LogP) is 3.98. The second kappa shape index (κ2) is 6.24. The smallest absolute Gasteiger partial charge is 0.211 e. The monoisotopic (exact) mass is 276 g/mol. The summed E-state index contributed by atoms with van der Waals surface area (Å²) >= 11 is 5.85. The molecule has 1 atom stereocenters. The minimum absolute atomic E-state index is 0.0935. The van der Waals surface area contributed by atoms with Gasteiger partial charge in [0, 0.05) is 12.4 Å². The highest BCUT2D eigenvalue weighted by molar-refractivity contribution is 6.31. The molecule has 0 fully saturated rings. The lowest BCUT2D eigenvalue weighted by atomic mass is 10.1. The molecule has 1 aromatic heterocycles. The summed E-state index contributed by atoms with van der Waals surface area (Å²) in [6, 6.07) is 7.57. The molecule has 5 nitrogen and oxygen atoms in total. The van der Waals surface area contributed by atoms with Gasteiger partial charge in [0.1, 0.15) is 5.75 Å². The summed E-state index contributed by atoms with van der Waals surface area (Å²) < 4.78 is 5.10. The summed E-state index contributed by atoms with van der Waals surface area (Å²) in [5.41, 5.74) is 1.03. The molecule has 0 spiro atoms. The first-order chi connectivity index (χ1) is 9.20. The first kappa shape index (κ1) is 13.4. The van der Waals surface area contributed by atoms with E-state index < -0.39 is 0 Å². The molecule has 0 aliphatic rings. The summed E-state index contributed by atoms with van der Waals surface area (Å²) in [5, 5.41) is 8.43. The lowest BCUT2D eigenvalue weighted by Gasteiger charge is -2.06. The van der Waals surface area contributed by atoms with Crippen LogP contribution in [-0.4, -0.2) is 17.1 Å². The van der Waals surface area contributed by atoms with Crippen LogP contribution in [0.3, 0.4) is 0 Å². The van der Waals surface area contributed by atoms with Gasteiger partial charge in [0.25, 0.3) is 0 Å². The first-order valence-corrected chi connectivity index (χ1v) is 6.10. The van der Waals surface area contributed by atoms with Gasteiger partial charge in [0.15, 0.2) is 5.15 Å². The normalized spacial score (nSPS) is 12.6. The van der Waals surface area contributed by atoms with E-state index in [0.29, 0.717) is 5.82 Å². The molecule has 0 bridgehead atoms. The van der Waals surface area contributed by atoms with Crippen molar-refractivity contribution in [3.05, 3.63) is 47.4 Å². The molecule has 0 aliphatic heterocycles. The lowest BCUT2D eigenvalue weighted by Crippen LogP contribution is -1.89.